The van der Waals surface area contributed by atoms with E-state index in [9.17, 15) is 18.3 Å². The van der Waals surface area contributed by atoms with Crippen LogP contribution in [0.1, 0.15) is 50.2 Å². The summed E-state index contributed by atoms with van der Waals surface area (Å²) in [6.45, 7) is 3.59. The number of aliphatic hydroxyl groups is 1. The van der Waals surface area contributed by atoms with Crippen LogP contribution in [0.3, 0.4) is 0 Å². The second-order valence-electron chi connectivity index (χ2n) is 7.57. The summed E-state index contributed by atoms with van der Waals surface area (Å²) in [6.07, 6.45) is -0.288. The minimum absolute atomic E-state index is 0.117. The molecule has 3 atom stereocenters. The number of alkyl halides is 3. The van der Waals surface area contributed by atoms with E-state index in [1.807, 2.05) is 6.92 Å². The van der Waals surface area contributed by atoms with Gasteiger partial charge in [-0.2, -0.15) is 13.2 Å². The number of nitrogens with one attached hydrogen (secondary N) is 1. The van der Waals surface area contributed by atoms with Crippen LogP contribution in [0.5, 0.6) is 0 Å². The second-order valence-corrected chi connectivity index (χ2v) is 7.57. The summed E-state index contributed by atoms with van der Waals surface area (Å²) in [4.78, 5) is 0. The van der Waals surface area contributed by atoms with Crippen LogP contribution in [0.15, 0.2) is 24.3 Å². The molecular formula is C19H26F3NO2. The molecule has 6 heteroatoms. The zero-order valence-corrected chi connectivity index (χ0v) is 14.5. The van der Waals surface area contributed by atoms with Gasteiger partial charge in [0.1, 0.15) is 0 Å². The van der Waals surface area contributed by atoms with E-state index in [1.165, 1.54) is 12.1 Å². The van der Waals surface area contributed by atoms with Crippen molar-refractivity contribution < 1.29 is 23.0 Å². The van der Waals surface area contributed by atoms with Crippen molar-refractivity contribution in [2.24, 2.45) is 5.92 Å². The van der Waals surface area contributed by atoms with Gasteiger partial charge in [-0.3, -0.25) is 0 Å². The third kappa shape index (κ3) is 4.54. The molecule has 1 aromatic rings. The molecule has 2 aliphatic rings. The summed E-state index contributed by atoms with van der Waals surface area (Å²) in [6, 6.07) is 5.25. The Balaban J connectivity index is 1.72. The molecule has 25 heavy (non-hydrogen) atoms. The first-order valence-electron chi connectivity index (χ1n) is 9.00. The summed E-state index contributed by atoms with van der Waals surface area (Å²) < 4.78 is 43.7. The molecule has 140 valence electrons. The SMILES string of the molecule is C[C@H]1CC(O)(c2ccc(C(F)(F)F)cc2)C[C@@H](CC2CCOCC2)N1. The lowest BCUT2D eigenvalue weighted by molar-refractivity contribution is -0.137. The first kappa shape index (κ1) is 18.7. The normalized spacial score (nSPS) is 31.9. The standard InChI is InChI=1S/C19H26F3NO2/c1-13-11-18(24,15-2-4-16(5-3-15)19(20,21)22)12-17(23-13)10-14-6-8-25-9-7-14/h2-5,13-14,17,23-24H,6-12H2,1H3/t13-,17+,18?/m0/s1. The van der Waals surface area contributed by atoms with Gasteiger partial charge in [0, 0.05) is 25.3 Å². The Hall–Kier alpha value is -1.11. The lowest BCUT2D eigenvalue weighted by atomic mass is 9.76. The maximum absolute atomic E-state index is 12.8. The first-order chi connectivity index (χ1) is 11.8. The lowest BCUT2D eigenvalue weighted by Gasteiger charge is -2.43. The van der Waals surface area contributed by atoms with Crippen molar-refractivity contribution in [3.63, 3.8) is 0 Å². The molecule has 0 amide bonds. The van der Waals surface area contributed by atoms with Crippen molar-refractivity contribution in [3.05, 3.63) is 35.4 Å². The fourth-order valence-electron chi connectivity index (χ4n) is 4.26. The van der Waals surface area contributed by atoms with Crippen LogP contribution in [0.4, 0.5) is 13.2 Å². The molecule has 0 radical (unpaired) electrons. The lowest BCUT2D eigenvalue weighted by Crippen LogP contribution is -2.51. The van der Waals surface area contributed by atoms with E-state index in [0.29, 0.717) is 24.3 Å². The maximum Gasteiger partial charge on any atom is 0.416 e. The molecule has 2 fully saturated rings. The summed E-state index contributed by atoms with van der Waals surface area (Å²) in [5, 5.41) is 14.7. The van der Waals surface area contributed by atoms with Crippen LogP contribution in [-0.2, 0) is 16.5 Å². The molecule has 3 rings (SSSR count). The quantitative estimate of drug-likeness (QED) is 0.863. The number of rotatable bonds is 3. The molecule has 2 aliphatic heterocycles. The van der Waals surface area contributed by atoms with Gasteiger partial charge in [0.15, 0.2) is 0 Å². The summed E-state index contributed by atoms with van der Waals surface area (Å²) in [5.41, 5.74) is -1.18. The van der Waals surface area contributed by atoms with Gasteiger partial charge in [-0.15, -0.1) is 0 Å². The first-order valence-corrected chi connectivity index (χ1v) is 9.00. The van der Waals surface area contributed by atoms with Crippen LogP contribution in [0.25, 0.3) is 0 Å². The second kappa shape index (κ2) is 7.25. The minimum atomic E-state index is -4.35. The zero-order chi connectivity index (χ0) is 18.1. The Labute approximate surface area is 146 Å². The minimum Gasteiger partial charge on any atom is -0.385 e. The van der Waals surface area contributed by atoms with Gasteiger partial charge >= 0.3 is 6.18 Å². The largest absolute Gasteiger partial charge is 0.416 e. The van der Waals surface area contributed by atoms with Crippen LogP contribution < -0.4 is 5.32 Å². The maximum atomic E-state index is 12.8. The smallest absolute Gasteiger partial charge is 0.385 e. The highest BCUT2D eigenvalue weighted by atomic mass is 19.4. The summed E-state index contributed by atoms with van der Waals surface area (Å²) in [7, 11) is 0. The molecule has 0 saturated carbocycles. The average Bonchev–Trinajstić information content (AvgIpc) is 2.54. The fraction of sp³-hybridized carbons (Fsp3) is 0.684. The topological polar surface area (TPSA) is 41.5 Å². The van der Waals surface area contributed by atoms with Crippen molar-refractivity contribution in [1.82, 2.24) is 5.32 Å². The van der Waals surface area contributed by atoms with Gasteiger partial charge < -0.3 is 15.2 Å². The molecule has 0 aromatic heterocycles. The van der Waals surface area contributed by atoms with Crippen LogP contribution in [0, 0.1) is 5.92 Å². The monoisotopic (exact) mass is 357 g/mol. The predicted molar refractivity (Wildman–Crippen MR) is 89.1 cm³/mol. The number of halogens is 3. The molecule has 2 N–H and O–H groups in total. The van der Waals surface area contributed by atoms with E-state index in [0.717, 1.165) is 44.6 Å². The van der Waals surface area contributed by atoms with E-state index in [1.54, 1.807) is 0 Å². The molecule has 2 heterocycles. The third-order valence-corrected chi connectivity index (χ3v) is 5.46. The molecule has 1 aromatic carbocycles. The van der Waals surface area contributed by atoms with E-state index < -0.39 is 17.3 Å². The van der Waals surface area contributed by atoms with E-state index in [-0.39, 0.29) is 12.1 Å². The molecule has 0 aliphatic carbocycles. The number of hydrogen-bond acceptors (Lipinski definition) is 3. The van der Waals surface area contributed by atoms with Crippen molar-refractivity contribution in [1.29, 1.82) is 0 Å². The number of hydrogen-bond donors (Lipinski definition) is 2. The van der Waals surface area contributed by atoms with Gasteiger partial charge in [-0.1, -0.05) is 12.1 Å². The zero-order valence-electron chi connectivity index (χ0n) is 14.5. The Morgan fingerprint density at radius 3 is 2.40 bits per heavy atom. The third-order valence-electron chi connectivity index (χ3n) is 5.46. The Bertz CT molecular complexity index is 569. The molecule has 1 unspecified atom stereocenters. The molecule has 3 nitrogen and oxygen atoms in total. The van der Waals surface area contributed by atoms with Crippen molar-refractivity contribution in [2.75, 3.05) is 13.2 Å². The van der Waals surface area contributed by atoms with Gasteiger partial charge in [0.25, 0.3) is 0 Å². The van der Waals surface area contributed by atoms with Crippen LogP contribution in [0.2, 0.25) is 0 Å². The summed E-state index contributed by atoms with van der Waals surface area (Å²) >= 11 is 0. The predicted octanol–water partition coefficient (Wildman–Crippen LogP) is 3.85. The Morgan fingerprint density at radius 1 is 1.16 bits per heavy atom. The van der Waals surface area contributed by atoms with Gasteiger partial charge in [0.2, 0.25) is 0 Å². The highest BCUT2D eigenvalue weighted by molar-refractivity contribution is 5.29. The number of piperidine rings is 1. The van der Waals surface area contributed by atoms with Gasteiger partial charge in [-0.25, -0.2) is 0 Å². The van der Waals surface area contributed by atoms with Crippen molar-refractivity contribution in [2.45, 2.75) is 62.9 Å². The number of benzene rings is 1. The Morgan fingerprint density at radius 2 is 1.80 bits per heavy atom. The highest BCUT2D eigenvalue weighted by Gasteiger charge is 2.40. The molecular weight excluding hydrogens is 331 g/mol. The van der Waals surface area contributed by atoms with Gasteiger partial charge in [-0.05, 0) is 62.6 Å². The van der Waals surface area contributed by atoms with Crippen LogP contribution in [-0.4, -0.2) is 30.4 Å². The van der Waals surface area contributed by atoms with Gasteiger partial charge in [0.05, 0.1) is 11.2 Å². The van der Waals surface area contributed by atoms with Crippen LogP contribution >= 0.6 is 0 Å². The van der Waals surface area contributed by atoms with E-state index >= 15 is 0 Å². The van der Waals surface area contributed by atoms with E-state index in [4.69, 9.17) is 4.74 Å². The van der Waals surface area contributed by atoms with E-state index in [2.05, 4.69) is 5.32 Å². The molecule has 0 bridgehead atoms. The molecule has 0 spiro atoms. The molecule has 2 saturated heterocycles. The Kier molecular flexibility index (Phi) is 5.42. The number of ether oxygens (including phenoxy) is 1. The summed E-state index contributed by atoms with van der Waals surface area (Å²) in [5.74, 6) is 0.577. The fourth-order valence-corrected chi connectivity index (χ4v) is 4.26. The average molecular weight is 357 g/mol. The highest BCUT2D eigenvalue weighted by Crippen LogP contribution is 2.38. The van der Waals surface area contributed by atoms with Crippen molar-refractivity contribution in [3.8, 4) is 0 Å². The van der Waals surface area contributed by atoms with Crippen molar-refractivity contribution >= 4 is 0 Å².